The average molecular weight is 434 g/mol. The van der Waals surface area contributed by atoms with Crippen molar-refractivity contribution in [3.8, 4) is 5.95 Å². The maximum atomic E-state index is 12.3. The van der Waals surface area contributed by atoms with Crippen molar-refractivity contribution in [2.75, 3.05) is 5.32 Å². The quantitative estimate of drug-likeness (QED) is 0.581. The fourth-order valence-corrected chi connectivity index (χ4v) is 3.70. The Morgan fingerprint density at radius 2 is 2.03 bits per heavy atom. The second kappa shape index (κ2) is 10.1. The number of carbonyl (C=O) groups is 2. The topological polar surface area (TPSA) is 106 Å². The van der Waals surface area contributed by atoms with E-state index < -0.39 is 6.09 Å². The third-order valence-corrected chi connectivity index (χ3v) is 5.25. The number of aromatic nitrogens is 2. The summed E-state index contributed by atoms with van der Waals surface area (Å²) in [7, 11) is 0. The zero-order valence-corrected chi connectivity index (χ0v) is 18.0. The molecule has 166 valence electrons. The molecule has 2 amide bonds. The molecule has 1 aliphatic rings. The highest BCUT2D eigenvalue weighted by Gasteiger charge is 2.23. The first-order valence-corrected chi connectivity index (χ1v) is 10.8. The van der Waals surface area contributed by atoms with Gasteiger partial charge in [0.2, 0.25) is 11.9 Å². The Balaban J connectivity index is 1.28. The lowest BCUT2D eigenvalue weighted by Gasteiger charge is -2.24. The zero-order valence-electron chi connectivity index (χ0n) is 18.0. The van der Waals surface area contributed by atoms with Crippen LogP contribution in [-0.2, 0) is 24.1 Å². The number of fused-ring (bicyclic) bond motifs is 1. The molecule has 4 rings (SSSR count). The van der Waals surface area contributed by atoms with E-state index in [1.54, 1.807) is 18.3 Å². The molecule has 1 unspecified atom stereocenters. The fraction of sp³-hybridized carbons (Fsp3) is 0.333. The number of anilines is 1. The third kappa shape index (κ3) is 5.72. The Morgan fingerprint density at radius 3 is 2.84 bits per heavy atom. The first kappa shape index (κ1) is 21.5. The Kier molecular flexibility index (Phi) is 6.79. The number of ether oxygens (including phenoxy) is 1. The van der Waals surface area contributed by atoms with E-state index in [1.807, 2.05) is 37.3 Å². The predicted molar refractivity (Wildman–Crippen MR) is 118 cm³/mol. The average Bonchev–Trinajstić information content (AvgIpc) is 3.21. The molecule has 0 spiro atoms. The smallest absolute Gasteiger partial charge is 0.415 e. The molecule has 2 N–H and O–H groups in total. The van der Waals surface area contributed by atoms with Crippen LogP contribution < -0.4 is 15.4 Å². The van der Waals surface area contributed by atoms with Crippen LogP contribution in [0.3, 0.4) is 0 Å². The van der Waals surface area contributed by atoms with E-state index in [2.05, 4.69) is 20.6 Å². The van der Waals surface area contributed by atoms with Gasteiger partial charge in [0, 0.05) is 36.8 Å². The molecule has 1 aliphatic carbocycles. The summed E-state index contributed by atoms with van der Waals surface area (Å²) >= 11 is 0. The van der Waals surface area contributed by atoms with Crippen molar-refractivity contribution in [2.24, 2.45) is 0 Å². The van der Waals surface area contributed by atoms with Gasteiger partial charge in [0.1, 0.15) is 5.76 Å². The van der Waals surface area contributed by atoms with Crippen LogP contribution in [0.1, 0.15) is 48.8 Å². The van der Waals surface area contributed by atoms with Gasteiger partial charge in [-0.1, -0.05) is 37.3 Å². The molecular weight excluding hydrogens is 408 g/mol. The highest BCUT2D eigenvalue weighted by atomic mass is 16.6. The van der Waals surface area contributed by atoms with Gasteiger partial charge in [0.15, 0.2) is 0 Å². The maximum absolute atomic E-state index is 12.3. The van der Waals surface area contributed by atoms with E-state index in [1.165, 1.54) is 0 Å². The summed E-state index contributed by atoms with van der Waals surface area (Å²) < 4.78 is 10.9. The standard InChI is InChI=1S/C24H26N4O4/c1-2-6-21(29)28-23-25-15-17-14-18(9-11-20(17)27-23)26-24(30)32-22-12-10-19(31-22)13-16-7-4-3-5-8-16/h3-5,7-8,10,12,15,18H,2,6,9,11,13-14H2,1H3,(H,26,30)(H,25,27,28,29). The summed E-state index contributed by atoms with van der Waals surface area (Å²) in [5.41, 5.74) is 2.97. The molecule has 8 nitrogen and oxygen atoms in total. The molecule has 0 fully saturated rings. The normalized spacial score (nSPS) is 15.0. The van der Waals surface area contributed by atoms with E-state index in [0.717, 1.165) is 35.4 Å². The van der Waals surface area contributed by atoms with Crippen LogP contribution in [0.5, 0.6) is 5.95 Å². The first-order valence-electron chi connectivity index (χ1n) is 10.8. The summed E-state index contributed by atoms with van der Waals surface area (Å²) in [5, 5.41) is 5.60. The van der Waals surface area contributed by atoms with Crippen molar-refractivity contribution in [3.63, 3.8) is 0 Å². The number of nitrogens with zero attached hydrogens (tertiary/aromatic N) is 2. The minimum atomic E-state index is -0.552. The van der Waals surface area contributed by atoms with Gasteiger partial charge in [0.05, 0.1) is 0 Å². The monoisotopic (exact) mass is 434 g/mol. The highest BCUT2D eigenvalue weighted by molar-refractivity contribution is 5.88. The van der Waals surface area contributed by atoms with Gasteiger partial charge >= 0.3 is 6.09 Å². The van der Waals surface area contributed by atoms with E-state index in [9.17, 15) is 9.59 Å². The second-order valence-electron chi connectivity index (χ2n) is 7.82. The van der Waals surface area contributed by atoms with Gasteiger partial charge in [-0.05, 0) is 42.9 Å². The number of furan rings is 1. The van der Waals surface area contributed by atoms with E-state index in [0.29, 0.717) is 31.6 Å². The van der Waals surface area contributed by atoms with Gasteiger partial charge in [-0.3, -0.25) is 10.1 Å². The minimum Gasteiger partial charge on any atom is -0.430 e. The van der Waals surface area contributed by atoms with Crippen LogP contribution in [0.15, 0.2) is 53.1 Å². The van der Waals surface area contributed by atoms with E-state index in [-0.39, 0.29) is 17.9 Å². The Morgan fingerprint density at radius 1 is 1.19 bits per heavy atom. The number of amides is 2. The number of hydrogen-bond donors (Lipinski definition) is 2. The number of carbonyl (C=O) groups excluding carboxylic acids is 2. The molecular formula is C24H26N4O4. The lowest BCUT2D eigenvalue weighted by molar-refractivity contribution is -0.116. The largest absolute Gasteiger partial charge is 0.430 e. The van der Waals surface area contributed by atoms with Crippen LogP contribution in [0, 0.1) is 0 Å². The molecule has 1 atom stereocenters. The summed E-state index contributed by atoms with van der Waals surface area (Å²) in [4.78, 5) is 32.7. The number of benzene rings is 1. The van der Waals surface area contributed by atoms with Crippen molar-refractivity contribution in [1.82, 2.24) is 15.3 Å². The van der Waals surface area contributed by atoms with Gasteiger partial charge in [-0.25, -0.2) is 14.8 Å². The summed E-state index contributed by atoms with van der Waals surface area (Å²) in [6.45, 7) is 1.95. The molecule has 0 saturated heterocycles. The summed E-state index contributed by atoms with van der Waals surface area (Å²) in [5.74, 6) is 1.14. The summed E-state index contributed by atoms with van der Waals surface area (Å²) in [6, 6.07) is 13.3. The van der Waals surface area contributed by atoms with Crippen LogP contribution in [0.2, 0.25) is 0 Å². The summed E-state index contributed by atoms with van der Waals surface area (Å²) in [6.07, 6.45) is 5.01. The SMILES string of the molecule is CCCC(=O)Nc1ncc2c(n1)CCC(NC(=O)Oc1ccc(Cc3ccccc3)o1)C2. The van der Waals surface area contributed by atoms with Crippen LogP contribution in [0.25, 0.3) is 0 Å². The molecule has 0 radical (unpaired) electrons. The fourth-order valence-electron chi connectivity index (χ4n) is 3.70. The minimum absolute atomic E-state index is 0.0853. The van der Waals surface area contributed by atoms with Crippen molar-refractivity contribution >= 4 is 17.9 Å². The molecule has 0 aliphatic heterocycles. The van der Waals surface area contributed by atoms with Gasteiger partial charge in [-0.2, -0.15) is 0 Å². The molecule has 32 heavy (non-hydrogen) atoms. The number of rotatable bonds is 7. The molecule has 8 heteroatoms. The number of aryl methyl sites for hydroxylation is 1. The molecule has 1 aromatic carbocycles. The lowest BCUT2D eigenvalue weighted by Crippen LogP contribution is -2.40. The van der Waals surface area contributed by atoms with Crippen molar-refractivity contribution in [2.45, 2.75) is 51.5 Å². The van der Waals surface area contributed by atoms with Crippen molar-refractivity contribution < 1.29 is 18.7 Å². The third-order valence-electron chi connectivity index (χ3n) is 5.25. The Bertz CT molecular complexity index is 1080. The number of hydrogen-bond acceptors (Lipinski definition) is 6. The predicted octanol–water partition coefficient (Wildman–Crippen LogP) is 4.04. The Labute approximate surface area is 186 Å². The van der Waals surface area contributed by atoms with E-state index >= 15 is 0 Å². The van der Waals surface area contributed by atoms with E-state index in [4.69, 9.17) is 9.15 Å². The number of nitrogens with one attached hydrogen (secondary N) is 2. The van der Waals surface area contributed by atoms with Gasteiger partial charge in [0.25, 0.3) is 5.95 Å². The van der Waals surface area contributed by atoms with Crippen LogP contribution >= 0.6 is 0 Å². The molecule has 3 aromatic rings. The molecule has 2 heterocycles. The molecule has 0 saturated carbocycles. The van der Waals surface area contributed by atoms with Gasteiger partial charge in [-0.15, -0.1) is 0 Å². The van der Waals surface area contributed by atoms with Gasteiger partial charge < -0.3 is 14.5 Å². The molecule has 0 bridgehead atoms. The second-order valence-corrected chi connectivity index (χ2v) is 7.82. The molecule has 2 aromatic heterocycles. The lowest BCUT2D eigenvalue weighted by atomic mass is 9.93. The first-order chi connectivity index (χ1) is 15.6. The van der Waals surface area contributed by atoms with Crippen molar-refractivity contribution in [1.29, 1.82) is 0 Å². The zero-order chi connectivity index (χ0) is 22.3. The Hall–Kier alpha value is -3.68. The maximum Gasteiger partial charge on any atom is 0.415 e. The van der Waals surface area contributed by atoms with Crippen molar-refractivity contribution in [3.05, 3.63) is 71.2 Å². The van der Waals surface area contributed by atoms with Crippen LogP contribution in [-0.4, -0.2) is 28.0 Å². The van der Waals surface area contributed by atoms with Crippen LogP contribution in [0.4, 0.5) is 10.7 Å². The highest BCUT2D eigenvalue weighted by Crippen LogP contribution is 2.22.